The lowest BCUT2D eigenvalue weighted by Crippen LogP contribution is -2.34. The summed E-state index contributed by atoms with van der Waals surface area (Å²) in [6, 6.07) is 17.8. The molecule has 1 heterocycles. The van der Waals surface area contributed by atoms with Crippen LogP contribution in [0.2, 0.25) is 0 Å². The zero-order chi connectivity index (χ0) is 20.1. The predicted octanol–water partition coefficient (Wildman–Crippen LogP) is 4.24. The standard InChI is InChI=1S/C22H22N2O2S2/c1-16-8-10-17(11-9-16)14-19-21(26)24(22(27)28-19)13-12-20(25)23(2)15-18-6-4-3-5-7-18/h3-11,14H,12-13,15H2,1-2H3/b19-14-. The molecule has 0 unspecified atom stereocenters. The molecule has 0 radical (unpaired) electrons. The molecule has 0 spiro atoms. The molecule has 1 fully saturated rings. The maximum atomic E-state index is 12.7. The minimum atomic E-state index is -0.130. The first-order valence-corrected chi connectivity index (χ1v) is 10.3. The average molecular weight is 411 g/mol. The summed E-state index contributed by atoms with van der Waals surface area (Å²) in [4.78, 5) is 28.9. The number of nitrogens with zero attached hydrogens (tertiary/aromatic N) is 2. The van der Waals surface area contributed by atoms with E-state index in [9.17, 15) is 9.59 Å². The molecule has 2 aromatic rings. The highest BCUT2D eigenvalue weighted by Gasteiger charge is 2.32. The first kappa shape index (κ1) is 20.3. The highest BCUT2D eigenvalue weighted by molar-refractivity contribution is 8.26. The van der Waals surface area contributed by atoms with E-state index in [4.69, 9.17) is 12.2 Å². The molecule has 6 heteroatoms. The van der Waals surface area contributed by atoms with Crippen LogP contribution in [0.4, 0.5) is 0 Å². The van der Waals surface area contributed by atoms with Gasteiger partial charge in [0.25, 0.3) is 5.91 Å². The van der Waals surface area contributed by atoms with Crippen molar-refractivity contribution in [3.05, 3.63) is 76.2 Å². The zero-order valence-electron chi connectivity index (χ0n) is 15.9. The lowest BCUT2D eigenvalue weighted by molar-refractivity contribution is -0.131. The largest absolute Gasteiger partial charge is 0.341 e. The lowest BCUT2D eigenvalue weighted by atomic mass is 10.1. The minimum absolute atomic E-state index is 0.0135. The molecule has 2 aromatic carbocycles. The predicted molar refractivity (Wildman–Crippen MR) is 119 cm³/mol. The van der Waals surface area contributed by atoms with Crippen molar-refractivity contribution in [1.82, 2.24) is 9.80 Å². The summed E-state index contributed by atoms with van der Waals surface area (Å²) in [5.41, 5.74) is 3.21. The fraction of sp³-hybridized carbons (Fsp3) is 0.227. The molecule has 4 nitrogen and oxygen atoms in total. The second-order valence-electron chi connectivity index (χ2n) is 6.73. The van der Waals surface area contributed by atoms with E-state index >= 15 is 0 Å². The van der Waals surface area contributed by atoms with Crippen molar-refractivity contribution in [1.29, 1.82) is 0 Å². The summed E-state index contributed by atoms with van der Waals surface area (Å²) in [6.45, 7) is 2.87. The number of benzene rings is 2. The van der Waals surface area contributed by atoms with Crippen molar-refractivity contribution in [2.24, 2.45) is 0 Å². The normalized spacial score (nSPS) is 15.4. The summed E-state index contributed by atoms with van der Waals surface area (Å²) in [5.74, 6) is -0.144. The van der Waals surface area contributed by atoms with Crippen LogP contribution in [0.1, 0.15) is 23.1 Å². The highest BCUT2D eigenvalue weighted by atomic mass is 32.2. The third-order valence-electron chi connectivity index (χ3n) is 4.49. The minimum Gasteiger partial charge on any atom is -0.341 e. The molecule has 28 heavy (non-hydrogen) atoms. The number of carbonyl (C=O) groups is 2. The molecule has 0 N–H and O–H groups in total. The molecule has 0 aromatic heterocycles. The third kappa shape index (κ3) is 5.09. The van der Waals surface area contributed by atoms with Crippen molar-refractivity contribution in [2.45, 2.75) is 19.9 Å². The Morgan fingerprint density at radius 2 is 1.82 bits per heavy atom. The number of rotatable bonds is 6. The van der Waals surface area contributed by atoms with Crippen molar-refractivity contribution in [3.8, 4) is 0 Å². The summed E-state index contributed by atoms with van der Waals surface area (Å²) >= 11 is 6.64. The molecule has 1 aliphatic rings. The van der Waals surface area contributed by atoms with Crippen LogP contribution in [0.15, 0.2) is 59.5 Å². The summed E-state index contributed by atoms with van der Waals surface area (Å²) in [7, 11) is 1.77. The van der Waals surface area contributed by atoms with Gasteiger partial charge in [0.15, 0.2) is 0 Å². The van der Waals surface area contributed by atoms with E-state index in [0.29, 0.717) is 22.3 Å². The first-order valence-electron chi connectivity index (χ1n) is 9.04. The monoisotopic (exact) mass is 410 g/mol. The molecular formula is C22H22N2O2S2. The van der Waals surface area contributed by atoms with Gasteiger partial charge in [-0.15, -0.1) is 0 Å². The van der Waals surface area contributed by atoms with Crippen molar-refractivity contribution < 1.29 is 9.59 Å². The number of aryl methyl sites for hydroxylation is 1. The number of thioether (sulfide) groups is 1. The maximum absolute atomic E-state index is 12.7. The Hall–Kier alpha value is -2.44. The molecule has 3 rings (SSSR count). The van der Waals surface area contributed by atoms with Gasteiger partial charge in [-0.25, -0.2) is 0 Å². The topological polar surface area (TPSA) is 40.6 Å². The van der Waals surface area contributed by atoms with E-state index in [1.807, 2.05) is 67.6 Å². The van der Waals surface area contributed by atoms with Crippen molar-refractivity contribution in [2.75, 3.05) is 13.6 Å². The summed E-state index contributed by atoms with van der Waals surface area (Å²) in [5, 5.41) is 0. The molecule has 0 bridgehead atoms. The van der Waals surface area contributed by atoms with E-state index < -0.39 is 0 Å². The van der Waals surface area contributed by atoms with Crippen LogP contribution < -0.4 is 0 Å². The molecular weight excluding hydrogens is 388 g/mol. The Labute approximate surface area is 175 Å². The van der Waals surface area contributed by atoms with Crippen LogP contribution >= 0.6 is 24.0 Å². The van der Waals surface area contributed by atoms with Gasteiger partial charge in [0, 0.05) is 26.6 Å². The van der Waals surface area contributed by atoms with Crippen LogP contribution in [0, 0.1) is 6.92 Å². The third-order valence-corrected chi connectivity index (χ3v) is 5.86. The highest BCUT2D eigenvalue weighted by Crippen LogP contribution is 2.32. The quantitative estimate of drug-likeness (QED) is 0.527. The Morgan fingerprint density at radius 1 is 1.14 bits per heavy atom. The second kappa shape index (κ2) is 9.17. The van der Waals surface area contributed by atoms with E-state index in [1.165, 1.54) is 22.2 Å². The molecule has 1 saturated heterocycles. The van der Waals surface area contributed by atoms with Gasteiger partial charge in [0.2, 0.25) is 5.91 Å². The fourth-order valence-electron chi connectivity index (χ4n) is 2.85. The number of amides is 2. The van der Waals surface area contributed by atoms with Gasteiger partial charge in [-0.3, -0.25) is 14.5 Å². The van der Waals surface area contributed by atoms with Gasteiger partial charge in [-0.1, -0.05) is 84.1 Å². The van der Waals surface area contributed by atoms with Gasteiger partial charge >= 0.3 is 0 Å². The first-order chi connectivity index (χ1) is 13.4. The molecule has 144 valence electrons. The fourth-order valence-corrected chi connectivity index (χ4v) is 4.16. The SMILES string of the molecule is Cc1ccc(/C=C2\SC(=S)N(CCC(=O)N(C)Cc3ccccc3)C2=O)cc1. The molecule has 0 saturated carbocycles. The Morgan fingerprint density at radius 3 is 2.50 bits per heavy atom. The van der Waals surface area contributed by atoms with Crippen LogP contribution in [0.25, 0.3) is 6.08 Å². The zero-order valence-corrected chi connectivity index (χ0v) is 17.6. The van der Waals surface area contributed by atoms with Crippen LogP contribution in [-0.2, 0) is 16.1 Å². The van der Waals surface area contributed by atoms with Gasteiger partial charge in [-0.05, 0) is 24.1 Å². The maximum Gasteiger partial charge on any atom is 0.266 e. The Balaban J connectivity index is 1.58. The van der Waals surface area contributed by atoms with Crippen LogP contribution in [0.3, 0.4) is 0 Å². The van der Waals surface area contributed by atoms with E-state index in [-0.39, 0.29) is 18.2 Å². The smallest absolute Gasteiger partial charge is 0.266 e. The molecule has 2 amide bonds. The number of carbonyl (C=O) groups excluding carboxylic acids is 2. The molecule has 0 atom stereocenters. The van der Waals surface area contributed by atoms with Crippen molar-refractivity contribution >= 4 is 46.2 Å². The average Bonchev–Trinajstić information content (AvgIpc) is 2.95. The van der Waals surface area contributed by atoms with Gasteiger partial charge < -0.3 is 4.90 Å². The second-order valence-corrected chi connectivity index (χ2v) is 8.41. The van der Waals surface area contributed by atoms with Crippen molar-refractivity contribution in [3.63, 3.8) is 0 Å². The van der Waals surface area contributed by atoms with Gasteiger partial charge in [0.05, 0.1) is 4.91 Å². The van der Waals surface area contributed by atoms with E-state index in [1.54, 1.807) is 11.9 Å². The summed E-state index contributed by atoms with van der Waals surface area (Å²) in [6.07, 6.45) is 2.09. The number of hydrogen-bond donors (Lipinski definition) is 0. The summed E-state index contributed by atoms with van der Waals surface area (Å²) < 4.78 is 0.502. The number of thiocarbonyl (C=S) groups is 1. The van der Waals surface area contributed by atoms with E-state index in [0.717, 1.165) is 11.1 Å². The van der Waals surface area contributed by atoms with Crippen LogP contribution in [0.5, 0.6) is 0 Å². The number of hydrogen-bond acceptors (Lipinski definition) is 4. The Kier molecular flexibility index (Phi) is 6.65. The molecule has 1 aliphatic heterocycles. The lowest BCUT2D eigenvalue weighted by Gasteiger charge is -2.19. The Bertz CT molecular complexity index is 908. The van der Waals surface area contributed by atoms with Crippen LogP contribution in [-0.4, -0.2) is 39.5 Å². The molecule has 0 aliphatic carbocycles. The van der Waals surface area contributed by atoms with Gasteiger partial charge in [-0.2, -0.15) is 0 Å². The van der Waals surface area contributed by atoms with E-state index in [2.05, 4.69) is 0 Å². The van der Waals surface area contributed by atoms with Gasteiger partial charge in [0.1, 0.15) is 4.32 Å².